The second-order valence-corrected chi connectivity index (χ2v) is 3.73. The first-order valence-corrected chi connectivity index (χ1v) is 4.02. The third kappa shape index (κ3) is 3.28. The van der Waals surface area contributed by atoms with Gasteiger partial charge in [0.05, 0.1) is 0 Å². The van der Waals surface area contributed by atoms with E-state index in [9.17, 15) is 0 Å². The summed E-state index contributed by atoms with van der Waals surface area (Å²) in [6.45, 7) is 0. The zero-order valence-corrected chi connectivity index (χ0v) is 7.78. The fourth-order valence-corrected chi connectivity index (χ4v) is 1.10. The number of nitrogens with zero attached hydrogens (tertiary/aromatic N) is 1. The molecule has 58 valence electrons. The minimum atomic E-state index is -0.751. The second kappa shape index (κ2) is 4.36. The fourth-order valence-electron chi connectivity index (χ4n) is 0.227. The van der Waals surface area contributed by atoms with Gasteiger partial charge in [0.2, 0.25) is 0 Å². The molecule has 0 unspecified atom stereocenters. The molecule has 2 N–H and O–H groups in total. The molecular formula is C3H11IN2O3. The summed E-state index contributed by atoms with van der Waals surface area (Å²) < 4.78 is 4.42. The van der Waals surface area contributed by atoms with Gasteiger partial charge in [-0.3, -0.25) is 0 Å². The van der Waals surface area contributed by atoms with E-state index in [0.29, 0.717) is 0 Å². The monoisotopic (exact) mass is 250 g/mol. The van der Waals surface area contributed by atoms with Gasteiger partial charge in [-0.15, -0.1) is 0 Å². The van der Waals surface area contributed by atoms with E-state index in [-0.39, 0.29) is 3.13 Å². The van der Waals surface area contributed by atoms with E-state index in [0.717, 1.165) is 0 Å². The van der Waals surface area contributed by atoms with E-state index in [4.69, 9.17) is 18.6 Å². The van der Waals surface area contributed by atoms with Crippen molar-refractivity contribution in [1.82, 2.24) is 0 Å². The third-order valence-corrected chi connectivity index (χ3v) is 2.39. The minimum absolute atomic E-state index is 0.380. The second-order valence-electron chi connectivity index (χ2n) is 1.11. The molecule has 0 spiro atoms. The van der Waals surface area contributed by atoms with Gasteiger partial charge in [-0.05, 0) is 0 Å². The molecule has 0 saturated carbocycles. The van der Waals surface area contributed by atoms with Gasteiger partial charge in [0.25, 0.3) is 0 Å². The van der Waals surface area contributed by atoms with Crippen LogP contribution >= 0.6 is 0 Å². The topological polar surface area (TPSA) is 53.7 Å². The number of halogens is 1. The van der Waals surface area contributed by atoms with Gasteiger partial charge in [-0.1, -0.05) is 0 Å². The van der Waals surface area contributed by atoms with E-state index in [1.165, 1.54) is 14.2 Å². The van der Waals surface area contributed by atoms with Crippen molar-refractivity contribution >= 4 is 0 Å². The Bertz CT molecular complexity index is 77.5. The van der Waals surface area contributed by atoms with Gasteiger partial charge in [-0.2, -0.15) is 0 Å². The van der Waals surface area contributed by atoms with E-state index in [1.807, 2.05) is 0 Å². The van der Waals surface area contributed by atoms with Crippen LogP contribution in [0, 0.1) is 0 Å². The fraction of sp³-hybridized carbons (Fsp3) is 1.00. The predicted molar refractivity (Wildman–Crippen MR) is 25.5 cm³/mol. The zero-order valence-electron chi connectivity index (χ0n) is 5.63. The molecule has 9 heavy (non-hydrogen) atoms. The van der Waals surface area contributed by atoms with E-state index >= 15 is 0 Å². The van der Waals surface area contributed by atoms with Crippen LogP contribution in [0.15, 0.2) is 0 Å². The van der Waals surface area contributed by atoms with Gasteiger partial charge in [0.15, 0.2) is 0 Å². The Labute approximate surface area is 65.3 Å². The molecule has 0 atom stereocenters. The maximum atomic E-state index is 5.42. The Morgan fingerprint density at radius 3 is 1.78 bits per heavy atom. The van der Waals surface area contributed by atoms with E-state index in [2.05, 4.69) is 0 Å². The Hall–Kier alpha value is 0.530. The van der Waals surface area contributed by atoms with Crippen LogP contribution in [0.3, 0.4) is 0 Å². The maximum absolute atomic E-state index is 5.42. The summed E-state index contributed by atoms with van der Waals surface area (Å²) in [5.74, 6) is 5.42. The zero-order chi connectivity index (χ0) is 7.33. The van der Waals surface area contributed by atoms with Crippen LogP contribution in [-0.2, 0) is 12.7 Å². The van der Waals surface area contributed by atoms with Crippen molar-refractivity contribution in [2.75, 3.05) is 21.3 Å². The summed E-state index contributed by atoms with van der Waals surface area (Å²) in [7, 11) is 4.48. The van der Waals surface area contributed by atoms with Gasteiger partial charge in [-0.25, -0.2) is 0 Å². The summed E-state index contributed by atoms with van der Waals surface area (Å²) in [6, 6.07) is 0. The van der Waals surface area contributed by atoms with Crippen LogP contribution in [0.1, 0.15) is 0 Å². The molecular weight excluding hydrogens is 239 g/mol. The van der Waals surface area contributed by atoms with E-state index < -0.39 is 21.9 Å². The molecule has 0 aliphatic carbocycles. The van der Waals surface area contributed by atoms with Crippen LogP contribution in [0.2, 0.25) is 0 Å². The Morgan fingerprint density at radius 2 is 1.67 bits per heavy atom. The molecule has 0 radical (unpaired) electrons. The van der Waals surface area contributed by atoms with Crippen LogP contribution in [-0.4, -0.2) is 24.5 Å². The molecule has 0 aromatic heterocycles. The van der Waals surface area contributed by atoms with Crippen molar-refractivity contribution in [3.05, 3.63) is 0 Å². The SMILES string of the molecule is CO[I-][N+](N)(OC)OC. The number of rotatable bonds is 4. The predicted octanol–water partition coefficient (Wildman–Crippen LogP) is -3.63. The van der Waals surface area contributed by atoms with Crippen LogP contribution in [0.5, 0.6) is 0 Å². The van der Waals surface area contributed by atoms with Crippen molar-refractivity contribution in [1.29, 1.82) is 0 Å². The average molecular weight is 250 g/mol. The standard InChI is InChI=1S/C3H11IN2O3/c1-7-4-6(5,8-2)9-3/h5H2,1-3H3. The number of hydrogen-bond donors (Lipinski definition) is 1. The van der Waals surface area contributed by atoms with Crippen LogP contribution < -0.4 is 27.7 Å². The van der Waals surface area contributed by atoms with Crippen molar-refractivity contribution < 1.29 is 37.8 Å². The molecule has 5 nitrogen and oxygen atoms in total. The van der Waals surface area contributed by atoms with Gasteiger partial charge in [0, 0.05) is 0 Å². The molecule has 0 bridgehead atoms. The van der Waals surface area contributed by atoms with Crippen molar-refractivity contribution in [2.24, 2.45) is 5.84 Å². The summed E-state index contributed by atoms with van der Waals surface area (Å²) in [6.07, 6.45) is 0. The summed E-state index contributed by atoms with van der Waals surface area (Å²) >= 11 is -0.751. The molecule has 0 aliphatic rings. The third-order valence-electron chi connectivity index (χ3n) is 0.663. The summed E-state index contributed by atoms with van der Waals surface area (Å²) in [5.41, 5.74) is 0. The molecule has 0 aliphatic heterocycles. The molecule has 0 amide bonds. The van der Waals surface area contributed by atoms with Gasteiger partial charge >= 0.3 is 64.9 Å². The van der Waals surface area contributed by atoms with Crippen LogP contribution in [0.4, 0.5) is 0 Å². The Kier molecular flexibility index (Phi) is 4.62. The van der Waals surface area contributed by atoms with Crippen molar-refractivity contribution in [3.8, 4) is 0 Å². The summed E-state index contributed by atoms with van der Waals surface area (Å²) in [4.78, 5) is 9.49. The van der Waals surface area contributed by atoms with Crippen LogP contribution in [0.25, 0.3) is 0 Å². The molecule has 0 saturated heterocycles. The molecule has 6 heteroatoms. The molecule has 0 fully saturated rings. The van der Waals surface area contributed by atoms with Gasteiger partial charge < -0.3 is 0 Å². The molecule has 0 rings (SSSR count). The normalized spacial score (nSPS) is 12.4. The Balaban J connectivity index is 3.62. The molecule has 0 aromatic carbocycles. The average Bonchev–Trinajstić information content (AvgIpc) is 1.89. The quantitative estimate of drug-likeness (QED) is 0.242. The first kappa shape index (κ1) is 9.53. The number of nitrogens with two attached hydrogens (primary N) is 1. The first-order valence-electron chi connectivity index (χ1n) is 2.17. The first-order chi connectivity index (χ1) is 4.18. The van der Waals surface area contributed by atoms with Gasteiger partial charge in [0.1, 0.15) is 0 Å². The van der Waals surface area contributed by atoms with Crippen molar-refractivity contribution in [2.45, 2.75) is 0 Å². The Morgan fingerprint density at radius 1 is 1.22 bits per heavy atom. The van der Waals surface area contributed by atoms with E-state index in [1.54, 1.807) is 7.11 Å². The summed E-state index contributed by atoms with van der Waals surface area (Å²) in [5, 5.41) is 0. The number of quaternary nitrogens is 1. The molecule has 0 aromatic rings. The van der Waals surface area contributed by atoms with Crippen molar-refractivity contribution in [3.63, 3.8) is 0 Å². The number of hydrogen-bond acceptors (Lipinski definition) is 4. The molecule has 0 heterocycles.